The molecule has 2 aliphatic rings. The molecule has 0 aliphatic heterocycles. The molecule has 3 nitrogen and oxygen atoms in total. The molecule has 3 heteroatoms. The Morgan fingerprint density at radius 3 is 2.20 bits per heavy atom. The van der Waals surface area contributed by atoms with E-state index in [4.69, 9.17) is 4.74 Å². The average molecular weight is 483 g/mol. The van der Waals surface area contributed by atoms with Gasteiger partial charge >= 0.3 is 5.97 Å². The average Bonchev–Trinajstić information content (AvgIpc) is 2.89. The molecule has 0 amide bonds. The van der Waals surface area contributed by atoms with E-state index < -0.39 is 0 Å². The Bertz CT molecular complexity index is 752. The van der Waals surface area contributed by atoms with Gasteiger partial charge in [-0.2, -0.15) is 0 Å². The summed E-state index contributed by atoms with van der Waals surface area (Å²) in [5.41, 5.74) is 3.49. The topological polar surface area (TPSA) is 46.5 Å². The Morgan fingerprint density at radius 2 is 1.63 bits per heavy atom. The van der Waals surface area contributed by atoms with Crippen LogP contribution in [-0.2, 0) is 16.0 Å². The van der Waals surface area contributed by atoms with Gasteiger partial charge in [0.15, 0.2) is 0 Å². The first-order valence-corrected chi connectivity index (χ1v) is 14.5. The second-order valence-electron chi connectivity index (χ2n) is 11.6. The maximum atomic E-state index is 11.6. The molecule has 0 radical (unpaired) electrons. The summed E-state index contributed by atoms with van der Waals surface area (Å²) in [5.74, 6) is 3.08. The smallest absolute Gasteiger partial charge is 0.333 e. The molecular weight excluding hydrogens is 432 g/mol. The van der Waals surface area contributed by atoms with Crippen molar-refractivity contribution in [2.75, 3.05) is 13.2 Å². The van der Waals surface area contributed by atoms with Gasteiger partial charge in [0.05, 0.1) is 6.61 Å². The van der Waals surface area contributed by atoms with Crippen LogP contribution in [0.15, 0.2) is 36.4 Å². The van der Waals surface area contributed by atoms with Gasteiger partial charge in [0.1, 0.15) is 0 Å². The van der Waals surface area contributed by atoms with Gasteiger partial charge in [-0.3, -0.25) is 0 Å². The van der Waals surface area contributed by atoms with Gasteiger partial charge in [0, 0.05) is 18.1 Å². The summed E-state index contributed by atoms with van der Waals surface area (Å²) in [7, 11) is 0. The van der Waals surface area contributed by atoms with Crippen molar-refractivity contribution in [3.63, 3.8) is 0 Å². The third kappa shape index (κ3) is 9.08. The van der Waals surface area contributed by atoms with Crippen LogP contribution in [0.2, 0.25) is 0 Å². The molecule has 196 valence electrons. The number of benzene rings is 1. The number of ether oxygens (including phenoxy) is 1. The Hall–Kier alpha value is -1.61. The monoisotopic (exact) mass is 482 g/mol. The molecule has 0 spiro atoms. The molecule has 0 aromatic heterocycles. The standard InChI is InChI=1S/C32H50O3/c1-4-5-6-7-25-10-14-28(15-11-25)30-18-20-31(21-19-30)29-16-12-26(13-17-29)8-9-27(22-33)23-35-32(34)24(2)3/h10-11,14-15,26-27,29-31,33H,2,4-9,12-13,16-23H2,1,3H3. The summed E-state index contributed by atoms with van der Waals surface area (Å²) in [6, 6.07) is 9.58. The van der Waals surface area contributed by atoms with E-state index in [1.54, 1.807) is 12.5 Å². The number of hydrogen-bond acceptors (Lipinski definition) is 3. The summed E-state index contributed by atoms with van der Waals surface area (Å²) in [6.07, 6.45) is 18.2. The molecule has 0 heterocycles. The molecule has 0 saturated heterocycles. The second kappa shape index (κ2) is 14.8. The van der Waals surface area contributed by atoms with E-state index in [-0.39, 0.29) is 18.5 Å². The highest BCUT2D eigenvalue weighted by atomic mass is 16.5. The van der Waals surface area contributed by atoms with E-state index in [9.17, 15) is 9.90 Å². The molecule has 1 atom stereocenters. The van der Waals surface area contributed by atoms with Crippen LogP contribution in [0.25, 0.3) is 0 Å². The highest BCUT2D eigenvalue weighted by molar-refractivity contribution is 5.86. The Morgan fingerprint density at radius 1 is 1.00 bits per heavy atom. The van der Waals surface area contributed by atoms with Gasteiger partial charge in [-0.05, 0) is 106 Å². The van der Waals surface area contributed by atoms with E-state index in [0.717, 1.165) is 36.5 Å². The number of hydrogen-bond donors (Lipinski definition) is 1. The number of carbonyl (C=O) groups excluding carboxylic acids is 1. The van der Waals surface area contributed by atoms with Crippen LogP contribution in [0, 0.1) is 23.7 Å². The van der Waals surface area contributed by atoms with Crippen molar-refractivity contribution in [2.24, 2.45) is 23.7 Å². The maximum absolute atomic E-state index is 11.6. The fourth-order valence-electron chi connectivity index (χ4n) is 6.42. The van der Waals surface area contributed by atoms with Gasteiger partial charge in [-0.25, -0.2) is 4.79 Å². The highest BCUT2D eigenvalue weighted by Crippen LogP contribution is 2.44. The first-order chi connectivity index (χ1) is 17.0. The Balaban J connectivity index is 1.33. The molecule has 1 aromatic carbocycles. The molecule has 1 unspecified atom stereocenters. The first kappa shape index (κ1) is 28.0. The summed E-state index contributed by atoms with van der Waals surface area (Å²) < 4.78 is 5.26. The summed E-state index contributed by atoms with van der Waals surface area (Å²) in [5, 5.41) is 9.67. The van der Waals surface area contributed by atoms with Crippen molar-refractivity contribution in [1.29, 1.82) is 0 Å². The Kier molecular flexibility index (Phi) is 11.9. The predicted octanol–water partition coefficient (Wildman–Crippen LogP) is 8.01. The first-order valence-electron chi connectivity index (χ1n) is 14.5. The number of esters is 1. The van der Waals surface area contributed by atoms with E-state index in [1.165, 1.54) is 82.6 Å². The molecule has 3 rings (SSSR count). The predicted molar refractivity (Wildman–Crippen MR) is 145 cm³/mol. The van der Waals surface area contributed by atoms with Gasteiger partial charge in [0.2, 0.25) is 0 Å². The third-order valence-corrected chi connectivity index (χ3v) is 8.89. The lowest BCUT2D eigenvalue weighted by Gasteiger charge is -2.38. The molecule has 35 heavy (non-hydrogen) atoms. The highest BCUT2D eigenvalue weighted by Gasteiger charge is 2.31. The number of carbonyl (C=O) groups is 1. The minimum absolute atomic E-state index is 0.0525. The zero-order chi connectivity index (χ0) is 25.0. The number of aliphatic hydroxyl groups is 1. The molecular formula is C32H50O3. The summed E-state index contributed by atoms with van der Waals surface area (Å²) in [4.78, 5) is 11.6. The quantitative estimate of drug-likeness (QED) is 0.176. The van der Waals surface area contributed by atoms with Gasteiger partial charge in [0.25, 0.3) is 0 Å². The SMILES string of the molecule is C=C(C)C(=O)OCC(CO)CCC1CCC(C2CCC(c3ccc(CCCCC)cc3)CC2)CC1. The number of unbranched alkanes of at least 4 members (excludes halogenated alkanes) is 2. The van der Waals surface area contributed by atoms with Gasteiger partial charge in [-0.1, -0.05) is 63.5 Å². The van der Waals surface area contributed by atoms with Crippen LogP contribution in [-0.4, -0.2) is 24.3 Å². The van der Waals surface area contributed by atoms with Crippen LogP contribution in [0.1, 0.15) is 114 Å². The largest absolute Gasteiger partial charge is 0.462 e. The van der Waals surface area contributed by atoms with Crippen LogP contribution >= 0.6 is 0 Å². The number of aryl methyl sites for hydroxylation is 1. The van der Waals surface area contributed by atoms with Crippen molar-refractivity contribution < 1.29 is 14.6 Å². The zero-order valence-corrected chi connectivity index (χ0v) is 22.5. The van der Waals surface area contributed by atoms with E-state index in [2.05, 4.69) is 37.8 Å². The maximum Gasteiger partial charge on any atom is 0.333 e. The fourth-order valence-corrected chi connectivity index (χ4v) is 6.42. The molecule has 2 aliphatic carbocycles. The van der Waals surface area contributed by atoms with Crippen molar-refractivity contribution in [3.8, 4) is 0 Å². The van der Waals surface area contributed by atoms with Crippen LogP contribution in [0.4, 0.5) is 0 Å². The van der Waals surface area contributed by atoms with E-state index >= 15 is 0 Å². The van der Waals surface area contributed by atoms with Crippen molar-refractivity contribution in [1.82, 2.24) is 0 Å². The molecule has 1 N–H and O–H groups in total. The lowest BCUT2D eigenvalue weighted by atomic mass is 9.68. The second-order valence-corrected chi connectivity index (χ2v) is 11.6. The van der Waals surface area contributed by atoms with Gasteiger partial charge < -0.3 is 9.84 Å². The lowest BCUT2D eigenvalue weighted by molar-refractivity contribution is -0.140. The van der Waals surface area contributed by atoms with Crippen molar-refractivity contribution in [2.45, 2.75) is 110 Å². The fraction of sp³-hybridized carbons (Fsp3) is 0.719. The molecule has 0 bridgehead atoms. The van der Waals surface area contributed by atoms with E-state index in [0.29, 0.717) is 12.2 Å². The number of aliphatic hydroxyl groups excluding tert-OH is 1. The zero-order valence-electron chi connectivity index (χ0n) is 22.5. The summed E-state index contributed by atoms with van der Waals surface area (Å²) in [6.45, 7) is 7.95. The van der Waals surface area contributed by atoms with E-state index in [1.807, 2.05) is 0 Å². The summed E-state index contributed by atoms with van der Waals surface area (Å²) >= 11 is 0. The Labute approximate surface area is 214 Å². The van der Waals surface area contributed by atoms with Crippen LogP contribution < -0.4 is 0 Å². The minimum atomic E-state index is -0.349. The van der Waals surface area contributed by atoms with Gasteiger partial charge in [-0.15, -0.1) is 0 Å². The third-order valence-electron chi connectivity index (χ3n) is 8.89. The minimum Gasteiger partial charge on any atom is -0.462 e. The molecule has 1 aromatic rings. The molecule has 2 fully saturated rings. The van der Waals surface area contributed by atoms with Crippen LogP contribution in [0.5, 0.6) is 0 Å². The lowest BCUT2D eigenvalue weighted by Crippen LogP contribution is -2.26. The normalized spacial score (nSPS) is 25.7. The molecule has 2 saturated carbocycles. The number of rotatable bonds is 13. The van der Waals surface area contributed by atoms with Crippen LogP contribution in [0.3, 0.4) is 0 Å². The van der Waals surface area contributed by atoms with Crippen molar-refractivity contribution >= 4 is 5.97 Å². The van der Waals surface area contributed by atoms with Crippen molar-refractivity contribution in [3.05, 3.63) is 47.5 Å².